The Bertz CT molecular complexity index is 1680. The number of amides is 1. The van der Waals surface area contributed by atoms with Gasteiger partial charge in [0.05, 0.1) is 23.8 Å². The topological polar surface area (TPSA) is 70.4 Å². The van der Waals surface area contributed by atoms with Crippen LogP contribution in [0, 0.1) is 0 Å². The van der Waals surface area contributed by atoms with Crippen molar-refractivity contribution in [2.45, 2.75) is 13.2 Å². The number of ether oxygens (including phenoxy) is 1. The van der Waals surface area contributed by atoms with Gasteiger partial charge in [0.1, 0.15) is 18.1 Å². The second kappa shape index (κ2) is 9.12. The van der Waals surface area contributed by atoms with E-state index in [9.17, 15) is 4.79 Å². The molecule has 2 N–H and O–H groups in total. The first-order chi connectivity index (χ1) is 17.7. The third-order valence-corrected chi connectivity index (χ3v) is 6.50. The van der Waals surface area contributed by atoms with Gasteiger partial charge in [-0.15, -0.1) is 0 Å². The van der Waals surface area contributed by atoms with Gasteiger partial charge >= 0.3 is 0 Å². The Morgan fingerprint density at radius 3 is 2.47 bits per heavy atom. The third-order valence-electron chi connectivity index (χ3n) is 6.50. The molecule has 0 radical (unpaired) electrons. The van der Waals surface area contributed by atoms with Crippen LogP contribution in [0.4, 0.5) is 0 Å². The quantitative estimate of drug-likeness (QED) is 0.278. The number of benzene rings is 4. The van der Waals surface area contributed by atoms with E-state index in [4.69, 9.17) is 14.9 Å². The monoisotopic (exact) mass is 472 g/mol. The average molecular weight is 473 g/mol. The molecule has 0 spiro atoms. The highest BCUT2D eigenvalue weighted by Gasteiger charge is 2.18. The van der Waals surface area contributed by atoms with Gasteiger partial charge in [0.2, 0.25) is 5.91 Å². The van der Waals surface area contributed by atoms with Crippen LogP contribution in [0.2, 0.25) is 0 Å². The summed E-state index contributed by atoms with van der Waals surface area (Å²) >= 11 is 0. The molecule has 6 rings (SSSR count). The first kappa shape index (κ1) is 21.7. The molecule has 176 valence electrons. The van der Waals surface area contributed by atoms with E-state index in [-0.39, 0.29) is 0 Å². The normalized spacial score (nSPS) is 11.2. The summed E-state index contributed by atoms with van der Waals surface area (Å²) in [7, 11) is 0. The van der Waals surface area contributed by atoms with E-state index < -0.39 is 5.91 Å². The van der Waals surface area contributed by atoms with Crippen LogP contribution in [0.1, 0.15) is 21.5 Å². The maximum absolute atomic E-state index is 12.3. The summed E-state index contributed by atoms with van der Waals surface area (Å²) in [6, 6.07) is 33.9. The van der Waals surface area contributed by atoms with E-state index in [0.717, 1.165) is 50.0 Å². The molecule has 5 heteroatoms. The summed E-state index contributed by atoms with van der Waals surface area (Å²) in [5.74, 6) is 1.17. The molecule has 0 unspecified atom stereocenters. The predicted molar refractivity (Wildman–Crippen MR) is 142 cm³/mol. The van der Waals surface area contributed by atoms with E-state index in [2.05, 4.69) is 28.8 Å². The van der Waals surface area contributed by atoms with E-state index in [0.29, 0.717) is 18.7 Å². The maximum Gasteiger partial charge on any atom is 0.249 e. The molecule has 0 aliphatic heterocycles. The summed E-state index contributed by atoms with van der Waals surface area (Å²) in [6.07, 6.45) is 1.67. The van der Waals surface area contributed by atoms with Gasteiger partial charge in [0.25, 0.3) is 0 Å². The van der Waals surface area contributed by atoms with Gasteiger partial charge < -0.3 is 19.5 Å². The molecular weight excluding hydrogens is 448 g/mol. The van der Waals surface area contributed by atoms with Crippen molar-refractivity contribution < 1.29 is 13.9 Å². The Hall–Kier alpha value is -4.77. The Morgan fingerprint density at radius 2 is 1.67 bits per heavy atom. The minimum Gasteiger partial charge on any atom is -0.489 e. The number of carbonyl (C=O) groups excluding carboxylic acids is 1. The molecule has 0 atom stereocenters. The molecule has 5 nitrogen and oxygen atoms in total. The number of carbonyl (C=O) groups is 1. The zero-order chi connectivity index (χ0) is 24.5. The Balaban J connectivity index is 1.49. The van der Waals surface area contributed by atoms with Crippen molar-refractivity contribution in [3.8, 4) is 17.1 Å². The number of hydrogen-bond acceptors (Lipinski definition) is 3. The standard InChI is InChI=1S/C31H24N2O3/c32-31(34)25-11-6-12-26-30(25)24-16-15-22(28-14-7-17-35-28)18-27(24)33(26)19-23-10-4-5-13-29(23)36-20-21-8-2-1-3-9-21/h1-18H,19-20H2,(H2,32,34). The van der Waals surface area contributed by atoms with Crippen molar-refractivity contribution >= 4 is 27.7 Å². The summed E-state index contributed by atoms with van der Waals surface area (Å²) in [5, 5.41) is 1.83. The molecule has 6 aromatic rings. The lowest BCUT2D eigenvalue weighted by molar-refractivity contribution is 0.100. The number of rotatable bonds is 7. The summed E-state index contributed by atoms with van der Waals surface area (Å²) < 4.78 is 14.1. The van der Waals surface area contributed by atoms with Gasteiger partial charge in [-0.2, -0.15) is 0 Å². The SMILES string of the molecule is NC(=O)c1cccc2c1c1ccc(-c3ccco3)cc1n2Cc1ccccc1OCc1ccccc1. The van der Waals surface area contributed by atoms with Crippen LogP contribution in [-0.2, 0) is 13.2 Å². The lowest BCUT2D eigenvalue weighted by Crippen LogP contribution is -2.11. The fourth-order valence-corrected chi connectivity index (χ4v) is 4.80. The van der Waals surface area contributed by atoms with Crippen LogP contribution in [0.5, 0.6) is 5.75 Å². The predicted octanol–water partition coefficient (Wildman–Crippen LogP) is 6.78. The van der Waals surface area contributed by atoms with Crippen LogP contribution >= 0.6 is 0 Å². The molecule has 0 fully saturated rings. The highest BCUT2D eigenvalue weighted by atomic mass is 16.5. The second-order valence-corrected chi connectivity index (χ2v) is 8.74. The van der Waals surface area contributed by atoms with Gasteiger partial charge in [0.15, 0.2) is 0 Å². The van der Waals surface area contributed by atoms with Crippen molar-refractivity contribution in [2.24, 2.45) is 5.73 Å². The molecule has 0 aliphatic carbocycles. The van der Waals surface area contributed by atoms with Crippen LogP contribution in [-0.4, -0.2) is 10.5 Å². The van der Waals surface area contributed by atoms with E-state index in [1.54, 1.807) is 12.3 Å². The van der Waals surface area contributed by atoms with Crippen LogP contribution in [0.25, 0.3) is 33.1 Å². The van der Waals surface area contributed by atoms with Gasteiger partial charge in [-0.1, -0.05) is 66.7 Å². The van der Waals surface area contributed by atoms with E-state index in [1.165, 1.54) is 0 Å². The number of fused-ring (bicyclic) bond motifs is 3. The number of nitrogens with two attached hydrogens (primary N) is 1. The maximum atomic E-state index is 12.3. The average Bonchev–Trinajstić information content (AvgIpc) is 3.56. The smallest absolute Gasteiger partial charge is 0.249 e. The number of nitrogens with zero attached hydrogens (tertiary/aromatic N) is 1. The first-order valence-corrected chi connectivity index (χ1v) is 11.8. The highest BCUT2D eigenvalue weighted by Crippen LogP contribution is 2.36. The summed E-state index contributed by atoms with van der Waals surface area (Å²) in [4.78, 5) is 12.3. The van der Waals surface area contributed by atoms with Gasteiger partial charge in [-0.25, -0.2) is 0 Å². The molecule has 0 aliphatic rings. The van der Waals surface area contributed by atoms with Crippen molar-refractivity contribution in [3.05, 3.63) is 126 Å². The van der Waals surface area contributed by atoms with E-state index in [1.807, 2.05) is 72.8 Å². The number of primary amides is 1. The van der Waals surface area contributed by atoms with Crippen LogP contribution in [0.3, 0.4) is 0 Å². The van der Waals surface area contributed by atoms with Crippen molar-refractivity contribution in [1.82, 2.24) is 4.57 Å². The Labute approximate surface area is 208 Å². The fraction of sp³-hybridized carbons (Fsp3) is 0.0645. The number of aromatic nitrogens is 1. The molecule has 2 aromatic heterocycles. The largest absolute Gasteiger partial charge is 0.489 e. The molecule has 1 amide bonds. The molecular formula is C31H24N2O3. The third kappa shape index (κ3) is 3.91. The second-order valence-electron chi connectivity index (χ2n) is 8.74. The molecule has 36 heavy (non-hydrogen) atoms. The van der Waals surface area contributed by atoms with Crippen LogP contribution in [0.15, 0.2) is 114 Å². The lowest BCUT2D eigenvalue weighted by Gasteiger charge is -2.14. The van der Waals surface area contributed by atoms with Crippen molar-refractivity contribution in [3.63, 3.8) is 0 Å². The van der Waals surface area contributed by atoms with Gasteiger partial charge in [-0.3, -0.25) is 4.79 Å². The van der Waals surface area contributed by atoms with Crippen molar-refractivity contribution in [1.29, 1.82) is 0 Å². The van der Waals surface area contributed by atoms with Crippen molar-refractivity contribution in [2.75, 3.05) is 0 Å². The van der Waals surface area contributed by atoms with Gasteiger partial charge in [-0.05, 0) is 42.0 Å². The Morgan fingerprint density at radius 1 is 0.833 bits per heavy atom. The highest BCUT2D eigenvalue weighted by molar-refractivity contribution is 6.18. The first-order valence-electron chi connectivity index (χ1n) is 11.8. The molecule has 0 bridgehead atoms. The molecule has 4 aromatic carbocycles. The zero-order valence-electron chi connectivity index (χ0n) is 19.6. The van der Waals surface area contributed by atoms with Crippen LogP contribution < -0.4 is 10.5 Å². The molecule has 0 saturated heterocycles. The summed E-state index contributed by atoms with van der Waals surface area (Å²) in [6.45, 7) is 1.05. The fourth-order valence-electron chi connectivity index (χ4n) is 4.80. The van der Waals surface area contributed by atoms with Gasteiger partial charge in [0, 0.05) is 27.5 Å². The number of furan rings is 1. The lowest BCUT2D eigenvalue weighted by atomic mass is 10.0. The Kier molecular flexibility index (Phi) is 5.51. The molecule has 2 heterocycles. The minimum absolute atomic E-state index is 0.443. The number of para-hydroxylation sites is 1. The molecule has 0 saturated carbocycles. The zero-order valence-corrected chi connectivity index (χ0v) is 19.6. The number of hydrogen-bond donors (Lipinski definition) is 1. The van der Waals surface area contributed by atoms with E-state index >= 15 is 0 Å². The minimum atomic E-state index is -0.443. The summed E-state index contributed by atoms with van der Waals surface area (Å²) in [5.41, 5.74) is 11.3.